The van der Waals surface area contributed by atoms with Gasteiger partial charge in [-0.25, -0.2) is 4.79 Å². The van der Waals surface area contributed by atoms with E-state index in [-0.39, 0.29) is 12.5 Å². The first-order valence-corrected chi connectivity index (χ1v) is 8.37. The van der Waals surface area contributed by atoms with Gasteiger partial charge in [0.2, 0.25) is 0 Å². The predicted octanol–water partition coefficient (Wildman–Crippen LogP) is 3.25. The highest BCUT2D eigenvalue weighted by Gasteiger charge is 2.08. The van der Waals surface area contributed by atoms with Gasteiger partial charge in [-0.05, 0) is 49.2 Å². The molecule has 132 valence electrons. The first-order valence-electron chi connectivity index (χ1n) is 7.99. The van der Waals surface area contributed by atoms with Gasteiger partial charge in [-0.1, -0.05) is 29.8 Å². The highest BCUT2D eigenvalue weighted by molar-refractivity contribution is 6.30. The van der Waals surface area contributed by atoms with E-state index in [0.29, 0.717) is 35.9 Å². The molecular weight excluding hydrogens is 342 g/mol. The van der Waals surface area contributed by atoms with Gasteiger partial charge in [0.05, 0.1) is 12.2 Å². The molecule has 0 spiro atoms. The quantitative estimate of drug-likeness (QED) is 0.733. The molecule has 0 heterocycles. The summed E-state index contributed by atoms with van der Waals surface area (Å²) < 4.78 is 10.3. The van der Waals surface area contributed by atoms with E-state index in [9.17, 15) is 9.59 Å². The smallest absolute Gasteiger partial charge is 0.338 e. The summed E-state index contributed by atoms with van der Waals surface area (Å²) in [4.78, 5) is 23.5. The zero-order valence-electron chi connectivity index (χ0n) is 14.0. The molecule has 2 aromatic rings. The number of hydrogen-bond donors (Lipinski definition) is 1. The summed E-state index contributed by atoms with van der Waals surface area (Å²) in [7, 11) is 0. The number of rotatable bonds is 8. The molecule has 0 aromatic heterocycles. The van der Waals surface area contributed by atoms with Crippen LogP contribution in [0.2, 0.25) is 5.02 Å². The van der Waals surface area contributed by atoms with Crippen molar-refractivity contribution in [2.45, 2.75) is 13.3 Å². The minimum atomic E-state index is -0.416. The third-order valence-electron chi connectivity index (χ3n) is 3.36. The molecule has 0 saturated heterocycles. The summed E-state index contributed by atoms with van der Waals surface area (Å²) in [5.41, 5.74) is 1.48. The van der Waals surface area contributed by atoms with Gasteiger partial charge in [0.1, 0.15) is 5.75 Å². The second-order valence-corrected chi connectivity index (χ2v) is 5.70. The molecule has 2 aromatic carbocycles. The fourth-order valence-corrected chi connectivity index (χ4v) is 2.25. The topological polar surface area (TPSA) is 64.6 Å². The minimum absolute atomic E-state index is 0.118. The summed E-state index contributed by atoms with van der Waals surface area (Å²) in [5, 5.41) is 3.47. The van der Waals surface area contributed by atoms with Crippen molar-refractivity contribution in [3.05, 3.63) is 64.7 Å². The van der Waals surface area contributed by atoms with E-state index in [4.69, 9.17) is 21.1 Å². The number of hydrogen-bond acceptors (Lipinski definition) is 4. The predicted molar refractivity (Wildman–Crippen MR) is 96.1 cm³/mol. The van der Waals surface area contributed by atoms with Crippen molar-refractivity contribution in [1.29, 1.82) is 0 Å². The van der Waals surface area contributed by atoms with Gasteiger partial charge >= 0.3 is 5.97 Å². The summed E-state index contributed by atoms with van der Waals surface area (Å²) in [5.74, 6) is -0.200. The van der Waals surface area contributed by atoms with Crippen molar-refractivity contribution >= 4 is 23.5 Å². The second kappa shape index (κ2) is 9.69. The molecule has 0 aliphatic carbocycles. The zero-order chi connectivity index (χ0) is 18.1. The molecule has 2 rings (SSSR count). The van der Waals surface area contributed by atoms with Crippen LogP contribution in [0.25, 0.3) is 0 Å². The van der Waals surface area contributed by atoms with E-state index in [2.05, 4.69) is 5.32 Å². The summed E-state index contributed by atoms with van der Waals surface area (Å²) in [6, 6.07) is 14.0. The zero-order valence-corrected chi connectivity index (χ0v) is 14.7. The van der Waals surface area contributed by atoms with Crippen LogP contribution >= 0.6 is 11.6 Å². The molecule has 6 heteroatoms. The Hall–Kier alpha value is -2.53. The number of ether oxygens (including phenoxy) is 2. The Morgan fingerprint density at radius 1 is 1.12 bits per heavy atom. The molecule has 0 aliphatic heterocycles. The molecule has 0 bridgehead atoms. The lowest BCUT2D eigenvalue weighted by Gasteiger charge is -2.09. The van der Waals surface area contributed by atoms with Crippen molar-refractivity contribution in [2.24, 2.45) is 0 Å². The minimum Gasteiger partial charge on any atom is -0.484 e. The summed E-state index contributed by atoms with van der Waals surface area (Å²) in [6.07, 6.45) is 0.710. The van der Waals surface area contributed by atoms with Crippen LogP contribution in [0.4, 0.5) is 0 Å². The number of nitrogens with one attached hydrogen (secondary N) is 1. The van der Waals surface area contributed by atoms with E-state index < -0.39 is 5.97 Å². The number of benzene rings is 2. The molecule has 0 aliphatic rings. The molecule has 0 fully saturated rings. The van der Waals surface area contributed by atoms with Crippen LogP contribution in [0.1, 0.15) is 22.8 Å². The van der Waals surface area contributed by atoms with Crippen LogP contribution in [-0.4, -0.2) is 31.6 Å². The normalized spacial score (nSPS) is 10.2. The maximum atomic E-state index is 11.8. The van der Waals surface area contributed by atoms with E-state index in [1.807, 2.05) is 24.3 Å². The second-order valence-electron chi connectivity index (χ2n) is 5.26. The van der Waals surface area contributed by atoms with Gasteiger partial charge in [-0.15, -0.1) is 0 Å². The Kier molecular flexibility index (Phi) is 7.29. The lowest BCUT2D eigenvalue weighted by molar-refractivity contribution is -0.123. The van der Waals surface area contributed by atoms with Crippen molar-refractivity contribution in [1.82, 2.24) is 5.32 Å². The van der Waals surface area contributed by atoms with Crippen LogP contribution in [-0.2, 0) is 16.0 Å². The average molecular weight is 362 g/mol. The van der Waals surface area contributed by atoms with Crippen molar-refractivity contribution in [3.8, 4) is 5.75 Å². The van der Waals surface area contributed by atoms with Crippen molar-refractivity contribution in [3.63, 3.8) is 0 Å². The van der Waals surface area contributed by atoms with E-state index in [1.54, 1.807) is 31.2 Å². The first kappa shape index (κ1) is 18.8. The SMILES string of the molecule is CCOC(=O)c1cccc(OCC(=O)NCCc2ccc(Cl)cc2)c1. The molecule has 1 amide bonds. The van der Waals surface area contributed by atoms with E-state index in [1.165, 1.54) is 0 Å². The molecule has 1 N–H and O–H groups in total. The monoisotopic (exact) mass is 361 g/mol. The molecule has 5 nitrogen and oxygen atoms in total. The molecule has 0 radical (unpaired) electrons. The lowest BCUT2D eigenvalue weighted by Crippen LogP contribution is -2.30. The van der Waals surface area contributed by atoms with Gasteiger partial charge in [-0.2, -0.15) is 0 Å². The van der Waals surface area contributed by atoms with E-state index in [0.717, 1.165) is 5.56 Å². The maximum Gasteiger partial charge on any atom is 0.338 e. The maximum absolute atomic E-state index is 11.8. The van der Waals surface area contributed by atoms with E-state index >= 15 is 0 Å². The van der Waals surface area contributed by atoms with Crippen molar-refractivity contribution in [2.75, 3.05) is 19.8 Å². The number of carbonyl (C=O) groups excluding carboxylic acids is 2. The standard InChI is InChI=1S/C19H20ClNO4/c1-2-24-19(23)15-4-3-5-17(12-15)25-13-18(22)21-11-10-14-6-8-16(20)9-7-14/h3-9,12H,2,10-11,13H2,1H3,(H,21,22). The average Bonchev–Trinajstić information content (AvgIpc) is 2.62. The highest BCUT2D eigenvalue weighted by atomic mass is 35.5. The van der Waals surface area contributed by atoms with Crippen molar-refractivity contribution < 1.29 is 19.1 Å². The van der Waals surface area contributed by atoms with Gasteiger partial charge in [0, 0.05) is 11.6 Å². The lowest BCUT2D eigenvalue weighted by atomic mass is 10.1. The molecule has 0 atom stereocenters. The largest absolute Gasteiger partial charge is 0.484 e. The number of esters is 1. The van der Waals surface area contributed by atoms with Gasteiger partial charge in [0.25, 0.3) is 5.91 Å². The van der Waals surface area contributed by atoms with Gasteiger partial charge < -0.3 is 14.8 Å². The van der Waals surface area contributed by atoms with Crippen LogP contribution in [0.15, 0.2) is 48.5 Å². The van der Waals surface area contributed by atoms with Gasteiger partial charge in [0.15, 0.2) is 6.61 Å². The van der Waals surface area contributed by atoms with Crippen LogP contribution in [0.5, 0.6) is 5.75 Å². The first-order chi connectivity index (χ1) is 12.1. The molecule has 25 heavy (non-hydrogen) atoms. The summed E-state index contributed by atoms with van der Waals surface area (Å²) >= 11 is 5.83. The third kappa shape index (κ3) is 6.47. The molecular formula is C19H20ClNO4. The Balaban J connectivity index is 1.75. The fraction of sp³-hybridized carbons (Fsp3) is 0.263. The number of halogens is 1. The summed E-state index contributed by atoms with van der Waals surface area (Å²) in [6.45, 7) is 2.44. The fourth-order valence-electron chi connectivity index (χ4n) is 2.12. The Labute approximate surface area is 151 Å². The highest BCUT2D eigenvalue weighted by Crippen LogP contribution is 2.14. The Bertz CT molecular complexity index is 716. The number of carbonyl (C=O) groups is 2. The molecule has 0 unspecified atom stereocenters. The Morgan fingerprint density at radius 2 is 1.88 bits per heavy atom. The van der Waals surface area contributed by atoms with Crippen LogP contribution in [0.3, 0.4) is 0 Å². The third-order valence-corrected chi connectivity index (χ3v) is 3.62. The van der Waals surface area contributed by atoms with Gasteiger partial charge in [-0.3, -0.25) is 4.79 Å². The Morgan fingerprint density at radius 3 is 2.60 bits per heavy atom. The van der Waals surface area contributed by atoms with Crippen LogP contribution < -0.4 is 10.1 Å². The van der Waals surface area contributed by atoms with Crippen LogP contribution in [0, 0.1) is 0 Å². The molecule has 0 saturated carbocycles. The number of amides is 1.